The van der Waals surface area contributed by atoms with Gasteiger partial charge in [0.15, 0.2) is 0 Å². The highest BCUT2D eigenvalue weighted by molar-refractivity contribution is 6.22. The first-order valence-electron chi connectivity index (χ1n) is 17.9. The van der Waals surface area contributed by atoms with Crippen molar-refractivity contribution in [1.29, 1.82) is 0 Å². The Balaban J connectivity index is 1.20. The van der Waals surface area contributed by atoms with Gasteiger partial charge in [-0.25, -0.2) is 0 Å². The standard InChI is InChI=1S/C50H34N2/c1-3-14-35(15-4-1)39-19-11-23-42(32-39)51(44-30-28-36-16-7-8-18-38(36)33-44)43-24-12-20-40(34-43)45-26-13-27-48-49(45)47-31-29-37-17-9-10-25-46(37)50(47)52(48)41-21-5-2-6-22-41/h1-34H. The third-order valence-corrected chi connectivity index (χ3v) is 10.3. The minimum Gasteiger partial charge on any atom is -0.310 e. The SMILES string of the molecule is c1ccc(-c2cccc(N(c3cccc(-c4cccc5c4c4ccc6ccccc6c4n5-c4ccccc4)c3)c3ccc4ccccc4c3)c2)cc1. The monoisotopic (exact) mass is 662 g/mol. The highest BCUT2D eigenvalue weighted by Gasteiger charge is 2.20. The first-order valence-corrected chi connectivity index (χ1v) is 17.9. The van der Waals surface area contributed by atoms with Crippen molar-refractivity contribution in [3.8, 4) is 27.9 Å². The van der Waals surface area contributed by atoms with Gasteiger partial charge in [-0.2, -0.15) is 0 Å². The number of para-hydroxylation sites is 1. The molecule has 0 saturated carbocycles. The summed E-state index contributed by atoms with van der Waals surface area (Å²) in [5.41, 5.74) is 11.7. The number of anilines is 3. The summed E-state index contributed by atoms with van der Waals surface area (Å²) in [6.07, 6.45) is 0. The van der Waals surface area contributed by atoms with E-state index in [0.717, 1.165) is 22.7 Å². The molecule has 10 rings (SSSR count). The molecule has 1 aromatic heterocycles. The third-order valence-electron chi connectivity index (χ3n) is 10.3. The molecule has 1 heterocycles. The molecule has 0 spiro atoms. The van der Waals surface area contributed by atoms with E-state index >= 15 is 0 Å². The van der Waals surface area contributed by atoms with Gasteiger partial charge < -0.3 is 9.47 Å². The zero-order valence-corrected chi connectivity index (χ0v) is 28.5. The normalized spacial score (nSPS) is 11.5. The Morgan fingerprint density at radius 1 is 0.346 bits per heavy atom. The second-order valence-corrected chi connectivity index (χ2v) is 13.4. The number of hydrogen-bond acceptors (Lipinski definition) is 1. The summed E-state index contributed by atoms with van der Waals surface area (Å²) in [7, 11) is 0. The van der Waals surface area contributed by atoms with Crippen molar-refractivity contribution in [3.63, 3.8) is 0 Å². The quantitative estimate of drug-likeness (QED) is 0.172. The van der Waals surface area contributed by atoms with E-state index in [4.69, 9.17) is 0 Å². The molecular weight excluding hydrogens is 629 g/mol. The molecule has 0 aliphatic heterocycles. The molecule has 0 aliphatic carbocycles. The van der Waals surface area contributed by atoms with Crippen LogP contribution < -0.4 is 4.90 Å². The molecule has 2 heteroatoms. The lowest BCUT2D eigenvalue weighted by molar-refractivity contribution is 1.19. The van der Waals surface area contributed by atoms with Gasteiger partial charge in [-0.1, -0.05) is 152 Å². The maximum absolute atomic E-state index is 2.44. The van der Waals surface area contributed by atoms with Crippen LogP contribution in [0.5, 0.6) is 0 Å². The first-order chi connectivity index (χ1) is 25.8. The van der Waals surface area contributed by atoms with Crippen molar-refractivity contribution >= 4 is 60.4 Å². The van der Waals surface area contributed by atoms with Crippen LogP contribution in [0.2, 0.25) is 0 Å². The van der Waals surface area contributed by atoms with Crippen LogP contribution in [0.4, 0.5) is 17.1 Å². The number of nitrogens with zero attached hydrogens (tertiary/aromatic N) is 2. The first kappa shape index (κ1) is 30.0. The van der Waals surface area contributed by atoms with Crippen molar-refractivity contribution in [2.75, 3.05) is 4.90 Å². The van der Waals surface area contributed by atoms with Crippen molar-refractivity contribution < 1.29 is 0 Å². The fourth-order valence-electron chi connectivity index (χ4n) is 7.94. The Kier molecular flexibility index (Phi) is 7.18. The molecule has 0 saturated heterocycles. The fraction of sp³-hybridized carbons (Fsp3) is 0. The highest BCUT2D eigenvalue weighted by atomic mass is 15.1. The number of benzene rings is 9. The van der Waals surface area contributed by atoms with Gasteiger partial charge in [-0.15, -0.1) is 0 Å². The summed E-state index contributed by atoms with van der Waals surface area (Å²) in [5.74, 6) is 0. The molecular formula is C50H34N2. The second kappa shape index (κ2) is 12.5. The Hall–Kier alpha value is -6.90. The van der Waals surface area contributed by atoms with Crippen LogP contribution in [0.3, 0.4) is 0 Å². The van der Waals surface area contributed by atoms with Crippen molar-refractivity contribution in [3.05, 3.63) is 206 Å². The smallest absolute Gasteiger partial charge is 0.0619 e. The third kappa shape index (κ3) is 5.04. The summed E-state index contributed by atoms with van der Waals surface area (Å²) in [4.78, 5) is 2.39. The Bertz CT molecular complexity index is 2900. The number of hydrogen-bond donors (Lipinski definition) is 0. The van der Waals surface area contributed by atoms with Gasteiger partial charge >= 0.3 is 0 Å². The van der Waals surface area contributed by atoms with Gasteiger partial charge in [0.2, 0.25) is 0 Å². The van der Waals surface area contributed by atoms with E-state index in [-0.39, 0.29) is 0 Å². The van der Waals surface area contributed by atoms with Gasteiger partial charge in [-0.05, 0) is 93.0 Å². The van der Waals surface area contributed by atoms with E-state index in [1.54, 1.807) is 0 Å². The van der Waals surface area contributed by atoms with E-state index in [2.05, 4.69) is 216 Å². The topological polar surface area (TPSA) is 8.17 Å². The fourth-order valence-corrected chi connectivity index (χ4v) is 7.94. The molecule has 0 atom stereocenters. The molecule has 10 aromatic rings. The number of fused-ring (bicyclic) bond motifs is 6. The molecule has 0 bridgehead atoms. The summed E-state index contributed by atoms with van der Waals surface area (Å²) in [5, 5.41) is 7.44. The van der Waals surface area contributed by atoms with Crippen molar-refractivity contribution in [2.24, 2.45) is 0 Å². The Morgan fingerprint density at radius 3 is 1.75 bits per heavy atom. The van der Waals surface area contributed by atoms with Gasteiger partial charge in [0, 0.05) is 38.9 Å². The predicted octanol–water partition coefficient (Wildman–Crippen LogP) is 13.9. The summed E-state index contributed by atoms with van der Waals surface area (Å²) in [6, 6.07) is 74.7. The van der Waals surface area contributed by atoms with Crippen molar-refractivity contribution in [2.45, 2.75) is 0 Å². The van der Waals surface area contributed by atoms with E-state index in [1.807, 2.05) is 0 Å². The van der Waals surface area contributed by atoms with E-state index in [9.17, 15) is 0 Å². The minimum absolute atomic E-state index is 1.10. The van der Waals surface area contributed by atoms with Crippen molar-refractivity contribution in [1.82, 2.24) is 4.57 Å². The number of rotatable bonds is 6. The molecule has 52 heavy (non-hydrogen) atoms. The molecule has 0 amide bonds. The Labute approximate surface area is 303 Å². The van der Waals surface area contributed by atoms with Gasteiger partial charge in [0.25, 0.3) is 0 Å². The second-order valence-electron chi connectivity index (χ2n) is 13.4. The van der Waals surface area contributed by atoms with E-state index < -0.39 is 0 Å². The maximum atomic E-state index is 2.44. The van der Waals surface area contributed by atoms with Gasteiger partial charge in [0.05, 0.1) is 11.0 Å². The average molecular weight is 663 g/mol. The highest BCUT2D eigenvalue weighted by Crippen LogP contribution is 2.44. The predicted molar refractivity (Wildman–Crippen MR) is 221 cm³/mol. The summed E-state index contributed by atoms with van der Waals surface area (Å²) in [6.45, 7) is 0. The van der Waals surface area contributed by atoms with Crippen LogP contribution in [-0.2, 0) is 0 Å². The summed E-state index contributed by atoms with van der Waals surface area (Å²) >= 11 is 0. The van der Waals surface area contributed by atoms with Gasteiger partial charge in [-0.3, -0.25) is 0 Å². The lowest BCUT2D eigenvalue weighted by Crippen LogP contribution is -2.10. The van der Waals surface area contributed by atoms with Crippen LogP contribution in [-0.4, -0.2) is 4.57 Å². The maximum Gasteiger partial charge on any atom is 0.0619 e. The van der Waals surface area contributed by atoms with Crippen LogP contribution in [0.1, 0.15) is 0 Å². The van der Waals surface area contributed by atoms with E-state index in [0.29, 0.717) is 0 Å². The van der Waals surface area contributed by atoms with E-state index in [1.165, 1.54) is 65.6 Å². The molecule has 2 nitrogen and oxygen atoms in total. The zero-order valence-electron chi connectivity index (χ0n) is 28.5. The number of aromatic nitrogens is 1. The largest absolute Gasteiger partial charge is 0.310 e. The molecule has 0 radical (unpaired) electrons. The molecule has 0 N–H and O–H groups in total. The molecule has 0 aliphatic rings. The van der Waals surface area contributed by atoms with Crippen LogP contribution in [0, 0.1) is 0 Å². The van der Waals surface area contributed by atoms with Crippen LogP contribution in [0.25, 0.3) is 71.3 Å². The molecule has 244 valence electrons. The molecule has 0 unspecified atom stereocenters. The minimum atomic E-state index is 1.10. The Morgan fingerprint density at radius 2 is 0.942 bits per heavy atom. The van der Waals surface area contributed by atoms with Gasteiger partial charge in [0.1, 0.15) is 0 Å². The average Bonchev–Trinajstić information content (AvgIpc) is 3.57. The lowest BCUT2D eigenvalue weighted by Gasteiger charge is -2.27. The lowest BCUT2D eigenvalue weighted by atomic mass is 9.97. The molecule has 9 aromatic carbocycles. The molecule has 0 fully saturated rings. The van der Waals surface area contributed by atoms with Crippen LogP contribution >= 0.6 is 0 Å². The van der Waals surface area contributed by atoms with Crippen LogP contribution in [0.15, 0.2) is 206 Å². The summed E-state index contributed by atoms with van der Waals surface area (Å²) < 4.78 is 2.44. The zero-order chi connectivity index (χ0) is 34.4.